The second-order valence-electron chi connectivity index (χ2n) is 4.44. The van der Waals surface area contributed by atoms with Gasteiger partial charge in [-0.05, 0) is 23.6 Å². The van der Waals surface area contributed by atoms with Gasteiger partial charge in [-0.25, -0.2) is 4.79 Å². The highest BCUT2D eigenvalue weighted by Crippen LogP contribution is 2.21. The average molecular weight is 306 g/mol. The zero-order valence-corrected chi connectivity index (χ0v) is 12.1. The number of aromatic nitrogens is 2. The largest absolute Gasteiger partial charge is 0.481 e. The summed E-state index contributed by atoms with van der Waals surface area (Å²) in [5.74, 6) is -0.909. The second-order valence-corrected chi connectivity index (χ2v) is 5.28. The quantitative estimate of drug-likeness (QED) is 0.788. The molecule has 8 heteroatoms. The number of nitrogens with zero attached hydrogens (tertiary/aromatic N) is 2. The van der Waals surface area contributed by atoms with Crippen LogP contribution in [0.3, 0.4) is 0 Å². The molecule has 0 saturated heterocycles. The van der Waals surface area contributed by atoms with Crippen molar-refractivity contribution in [1.29, 1.82) is 0 Å². The molecule has 1 aromatic carbocycles. The van der Waals surface area contributed by atoms with Crippen molar-refractivity contribution in [1.82, 2.24) is 10.2 Å². The third-order valence-corrected chi connectivity index (χ3v) is 3.41. The summed E-state index contributed by atoms with van der Waals surface area (Å²) in [7, 11) is 0. The van der Waals surface area contributed by atoms with Crippen molar-refractivity contribution in [3.8, 4) is 0 Å². The first-order chi connectivity index (χ1) is 10.0. The first kappa shape index (κ1) is 14.9. The monoisotopic (exact) mass is 306 g/mol. The lowest BCUT2D eigenvalue weighted by Crippen LogP contribution is -2.19. The van der Waals surface area contributed by atoms with Crippen molar-refractivity contribution >= 4 is 34.2 Å². The maximum Gasteiger partial charge on any atom is 0.325 e. The van der Waals surface area contributed by atoms with Gasteiger partial charge in [-0.15, -0.1) is 10.2 Å². The fourth-order valence-electron chi connectivity index (χ4n) is 1.76. The van der Waals surface area contributed by atoms with Crippen molar-refractivity contribution in [3.05, 3.63) is 35.3 Å². The van der Waals surface area contributed by atoms with E-state index in [0.29, 0.717) is 10.8 Å². The minimum atomic E-state index is -0.832. The number of hydrogen-bond donors (Lipinski definition) is 3. The maximum atomic E-state index is 11.7. The number of carboxylic acid groups (broad SMARTS) is 1. The van der Waals surface area contributed by atoms with Crippen LogP contribution in [-0.4, -0.2) is 27.3 Å². The number of amides is 2. The molecule has 1 aromatic heterocycles. The molecule has 0 aliphatic heterocycles. The Bertz CT molecular complexity index is 613. The van der Waals surface area contributed by atoms with Crippen LogP contribution in [0, 0.1) is 0 Å². The molecule has 2 aromatic rings. The summed E-state index contributed by atoms with van der Waals surface area (Å²) >= 11 is 1.22. The van der Waals surface area contributed by atoms with Crippen LogP contribution < -0.4 is 10.6 Å². The van der Waals surface area contributed by atoms with E-state index in [1.807, 2.05) is 6.92 Å². The van der Waals surface area contributed by atoms with Crippen LogP contribution >= 0.6 is 11.3 Å². The van der Waals surface area contributed by atoms with Crippen LogP contribution in [-0.2, 0) is 4.79 Å². The van der Waals surface area contributed by atoms with E-state index in [1.54, 1.807) is 24.3 Å². The van der Waals surface area contributed by atoms with Crippen molar-refractivity contribution in [2.75, 3.05) is 10.6 Å². The predicted octanol–water partition coefficient (Wildman–Crippen LogP) is 2.76. The summed E-state index contributed by atoms with van der Waals surface area (Å²) in [4.78, 5) is 22.4. The highest BCUT2D eigenvalue weighted by Gasteiger charge is 2.10. The van der Waals surface area contributed by atoms with Gasteiger partial charge in [0, 0.05) is 5.69 Å². The van der Waals surface area contributed by atoms with Crippen molar-refractivity contribution < 1.29 is 14.7 Å². The molecule has 0 aliphatic carbocycles. The lowest BCUT2D eigenvalue weighted by molar-refractivity contribution is -0.137. The van der Waals surface area contributed by atoms with E-state index in [4.69, 9.17) is 5.11 Å². The minimum Gasteiger partial charge on any atom is -0.481 e. The summed E-state index contributed by atoms with van der Waals surface area (Å²) < 4.78 is 0. The van der Waals surface area contributed by atoms with Gasteiger partial charge in [0.2, 0.25) is 5.13 Å². The molecule has 0 radical (unpaired) electrons. The summed E-state index contributed by atoms with van der Waals surface area (Å²) in [6.45, 7) is 1.85. The van der Waals surface area contributed by atoms with Gasteiger partial charge < -0.3 is 10.4 Å². The lowest BCUT2D eigenvalue weighted by Gasteiger charge is -2.10. The third-order valence-electron chi connectivity index (χ3n) is 2.80. The van der Waals surface area contributed by atoms with E-state index in [9.17, 15) is 9.59 Å². The highest BCUT2D eigenvalue weighted by atomic mass is 32.1. The Morgan fingerprint density at radius 3 is 2.57 bits per heavy atom. The average Bonchev–Trinajstić information content (AvgIpc) is 2.91. The molecule has 2 amide bonds. The Labute approximate surface area is 125 Å². The lowest BCUT2D eigenvalue weighted by atomic mass is 9.98. The smallest absolute Gasteiger partial charge is 0.325 e. The molecule has 110 valence electrons. The summed E-state index contributed by atoms with van der Waals surface area (Å²) in [5, 5.41) is 21.7. The van der Waals surface area contributed by atoms with Gasteiger partial charge in [0.05, 0.1) is 6.42 Å². The summed E-state index contributed by atoms with van der Waals surface area (Å²) in [5.41, 5.74) is 3.05. The van der Waals surface area contributed by atoms with E-state index in [2.05, 4.69) is 20.8 Å². The van der Waals surface area contributed by atoms with Crippen LogP contribution in [0.25, 0.3) is 0 Å². The second kappa shape index (κ2) is 6.80. The van der Waals surface area contributed by atoms with Crippen molar-refractivity contribution in [2.45, 2.75) is 19.3 Å². The number of nitrogens with one attached hydrogen (secondary N) is 2. The number of rotatable bonds is 5. The highest BCUT2D eigenvalue weighted by molar-refractivity contribution is 7.13. The van der Waals surface area contributed by atoms with E-state index in [-0.39, 0.29) is 12.3 Å². The molecule has 0 bridgehead atoms. The molecule has 3 N–H and O–H groups in total. The van der Waals surface area contributed by atoms with Gasteiger partial charge in [0.15, 0.2) is 0 Å². The minimum absolute atomic E-state index is 0.0737. The molecular weight excluding hydrogens is 292 g/mol. The molecule has 0 spiro atoms. The fourth-order valence-corrected chi connectivity index (χ4v) is 2.20. The first-order valence-corrected chi connectivity index (χ1v) is 7.08. The van der Waals surface area contributed by atoms with Gasteiger partial charge in [-0.3, -0.25) is 10.1 Å². The van der Waals surface area contributed by atoms with Gasteiger partial charge >= 0.3 is 12.0 Å². The van der Waals surface area contributed by atoms with Crippen LogP contribution in [0.1, 0.15) is 24.8 Å². The van der Waals surface area contributed by atoms with Crippen molar-refractivity contribution in [2.24, 2.45) is 0 Å². The number of hydrogen-bond acceptors (Lipinski definition) is 5. The number of carboxylic acids is 1. The Kier molecular flexibility index (Phi) is 4.83. The standard InChI is InChI=1S/C13H14N4O3S/c1-8(6-11(18)19)9-2-4-10(5-3-9)15-12(20)16-13-17-14-7-21-13/h2-5,7-8H,6H2,1H3,(H,18,19)(H2,15,16,17,20). The fraction of sp³-hybridized carbons (Fsp3) is 0.231. The molecule has 2 rings (SSSR count). The van der Waals surface area contributed by atoms with E-state index >= 15 is 0 Å². The first-order valence-electron chi connectivity index (χ1n) is 6.20. The predicted molar refractivity (Wildman–Crippen MR) is 79.7 cm³/mol. The van der Waals surface area contributed by atoms with E-state index < -0.39 is 12.0 Å². The Morgan fingerprint density at radius 2 is 2.00 bits per heavy atom. The van der Waals surface area contributed by atoms with Gasteiger partial charge in [0.25, 0.3) is 0 Å². The number of benzene rings is 1. The third kappa shape index (κ3) is 4.53. The number of anilines is 2. The number of carbonyl (C=O) groups excluding carboxylic acids is 1. The van der Waals surface area contributed by atoms with Gasteiger partial charge in [-0.1, -0.05) is 30.4 Å². The number of aliphatic carboxylic acids is 1. The zero-order valence-electron chi connectivity index (χ0n) is 11.2. The molecule has 0 saturated carbocycles. The van der Waals surface area contributed by atoms with Crippen LogP contribution in [0.5, 0.6) is 0 Å². The van der Waals surface area contributed by atoms with Gasteiger partial charge in [0.1, 0.15) is 5.51 Å². The molecule has 1 atom stereocenters. The number of urea groups is 1. The Morgan fingerprint density at radius 1 is 1.29 bits per heavy atom. The molecule has 0 fully saturated rings. The molecule has 0 aliphatic rings. The topological polar surface area (TPSA) is 104 Å². The Hall–Kier alpha value is -2.48. The summed E-state index contributed by atoms with van der Waals surface area (Å²) in [6.07, 6.45) is 0.0737. The zero-order chi connectivity index (χ0) is 15.2. The summed E-state index contributed by atoms with van der Waals surface area (Å²) in [6, 6.07) is 6.65. The SMILES string of the molecule is CC(CC(=O)O)c1ccc(NC(=O)Nc2nncs2)cc1. The van der Waals surface area contributed by atoms with Crippen LogP contribution in [0.2, 0.25) is 0 Å². The van der Waals surface area contributed by atoms with E-state index in [0.717, 1.165) is 5.56 Å². The van der Waals surface area contributed by atoms with Crippen molar-refractivity contribution in [3.63, 3.8) is 0 Å². The molecule has 1 unspecified atom stereocenters. The van der Waals surface area contributed by atoms with E-state index in [1.165, 1.54) is 16.8 Å². The normalized spacial score (nSPS) is 11.7. The van der Waals surface area contributed by atoms with Crippen LogP contribution in [0.4, 0.5) is 15.6 Å². The molecule has 21 heavy (non-hydrogen) atoms. The van der Waals surface area contributed by atoms with Crippen LogP contribution in [0.15, 0.2) is 29.8 Å². The molecular formula is C13H14N4O3S. The Balaban J connectivity index is 1.92. The maximum absolute atomic E-state index is 11.7. The number of carbonyl (C=O) groups is 2. The molecule has 7 nitrogen and oxygen atoms in total. The van der Waals surface area contributed by atoms with Gasteiger partial charge in [-0.2, -0.15) is 0 Å². The molecule has 1 heterocycles.